The first kappa shape index (κ1) is 17.9. The fourth-order valence-electron chi connectivity index (χ4n) is 3.10. The van der Waals surface area contributed by atoms with Crippen LogP contribution in [0.3, 0.4) is 0 Å². The molecule has 1 aromatic heterocycles. The number of nitrogens with zero attached hydrogens (tertiary/aromatic N) is 1. The second kappa shape index (κ2) is 7.16. The average Bonchev–Trinajstić information content (AvgIpc) is 2.62. The first-order chi connectivity index (χ1) is 12.4. The van der Waals surface area contributed by atoms with Gasteiger partial charge in [-0.1, -0.05) is 42.5 Å². The van der Waals surface area contributed by atoms with Crippen molar-refractivity contribution in [3.8, 4) is 5.69 Å². The van der Waals surface area contributed by atoms with Gasteiger partial charge in [0.25, 0.3) is 0 Å². The number of pyridine rings is 1. The van der Waals surface area contributed by atoms with Crippen LogP contribution in [0.5, 0.6) is 0 Å². The Balaban J connectivity index is 0.000000349. The maximum absolute atomic E-state index is 9.75. The number of para-hydroxylation sites is 3. The monoisotopic (exact) mass is 357 g/mol. The number of hydrogen-bond donors (Lipinski definition) is 0. The fourth-order valence-corrected chi connectivity index (χ4v) is 3.10. The van der Waals surface area contributed by atoms with E-state index in [2.05, 4.69) is 90.4 Å². The highest BCUT2D eigenvalue weighted by atomic mass is 19.5. The molecule has 0 aliphatic rings. The molecule has 1 nitrogen and oxygen atoms in total. The van der Waals surface area contributed by atoms with E-state index in [1.54, 1.807) is 0 Å². The Labute approximate surface area is 148 Å². The minimum Gasteiger partial charge on any atom is -0.418 e. The van der Waals surface area contributed by atoms with Crippen LogP contribution in [0.25, 0.3) is 27.5 Å². The highest BCUT2D eigenvalue weighted by molar-refractivity contribution is 6.50. The van der Waals surface area contributed by atoms with Gasteiger partial charge < -0.3 is 17.3 Å². The molecule has 1 heterocycles. The van der Waals surface area contributed by atoms with Gasteiger partial charge in [-0.3, -0.25) is 0 Å². The Morgan fingerprint density at radius 1 is 0.615 bits per heavy atom. The summed E-state index contributed by atoms with van der Waals surface area (Å²) < 4.78 is 41.3. The minimum absolute atomic E-state index is 1.20. The van der Waals surface area contributed by atoms with Gasteiger partial charge in [0.1, 0.15) is 0 Å². The van der Waals surface area contributed by atoms with Crippen LogP contribution in [0.4, 0.5) is 17.3 Å². The Hall–Kier alpha value is -2.89. The lowest BCUT2D eigenvalue weighted by atomic mass is 10.0. The second-order valence-electron chi connectivity index (χ2n) is 5.83. The Kier molecular flexibility index (Phi) is 4.93. The molecule has 0 aliphatic carbocycles. The third-order valence-electron chi connectivity index (χ3n) is 4.11. The van der Waals surface area contributed by atoms with E-state index < -0.39 is 7.25 Å². The Morgan fingerprint density at radius 2 is 1.00 bits per heavy atom. The molecule has 0 fully saturated rings. The summed E-state index contributed by atoms with van der Waals surface area (Å²) in [6, 6.07) is 27.8. The van der Waals surface area contributed by atoms with Crippen LogP contribution in [-0.2, 0) is 0 Å². The molecule has 26 heavy (non-hydrogen) atoms. The van der Waals surface area contributed by atoms with Gasteiger partial charge in [0, 0.05) is 24.3 Å². The third kappa shape index (κ3) is 3.85. The second-order valence-corrected chi connectivity index (χ2v) is 5.83. The summed E-state index contributed by atoms with van der Waals surface area (Å²) in [5.41, 5.74) is 5.04. The summed E-state index contributed by atoms with van der Waals surface area (Å²) in [6.07, 6.45) is 0. The molecule has 4 aromatic rings. The molecular formula is C20H16BF4N. The molecule has 0 saturated heterocycles. The van der Waals surface area contributed by atoms with Crippen molar-refractivity contribution < 1.29 is 21.8 Å². The summed E-state index contributed by atoms with van der Waals surface area (Å²) in [7, 11) is -6.00. The predicted octanol–water partition coefficient (Wildman–Crippen LogP) is 5.88. The minimum atomic E-state index is -6.00. The van der Waals surface area contributed by atoms with E-state index in [1.807, 2.05) is 0 Å². The average molecular weight is 357 g/mol. The maximum atomic E-state index is 9.75. The highest BCUT2D eigenvalue weighted by Crippen LogP contribution is 2.25. The van der Waals surface area contributed by atoms with Crippen LogP contribution in [0.1, 0.15) is 5.56 Å². The summed E-state index contributed by atoms with van der Waals surface area (Å²) in [4.78, 5) is 0. The van der Waals surface area contributed by atoms with Crippen LogP contribution in [0, 0.1) is 6.92 Å². The number of hydrogen-bond acceptors (Lipinski definition) is 0. The molecule has 0 unspecified atom stereocenters. The number of fused-ring (bicyclic) bond motifs is 2. The molecule has 0 amide bonds. The molecule has 0 saturated carbocycles. The zero-order valence-electron chi connectivity index (χ0n) is 14.0. The lowest BCUT2D eigenvalue weighted by Gasteiger charge is -2.08. The molecule has 0 N–H and O–H groups in total. The number of aryl methyl sites for hydroxylation is 1. The van der Waals surface area contributed by atoms with Crippen molar-refractivity contribution in [2.45, 2.75) is 6.92 Å². The van der Waals surface area contributed by atoms with Gasteiger partial charge in [-0.2, -0.15) is 4.57 Å². The van der Waals surface area contributed by atoms with Gasteiger partial charge in [0.2, 0.25) is 16.7 Å². The molecule has 4 rings (SSSR count). The van der Waals surface area contributed by atoms with Crippen LogP contribution < -0.4 is 4.57 Å². The van der Waals surface area contributed by atoms with E-state index in [9.17, 15) is 17.3 Å². The molecular weight excluding hydrogens is 341 g/mol. The quantitative estimate of drug-likeness (QED) is 0.173. The SMILES string of the molecule is Cc1c2ccccc2[n+](-c2ccccc2)c2ccccc12.F[B-](F)(F)F. The van der Waals surface area contributed by atoms with Gasteiger partial charge in [-0.05, 0) is 24.6 Å². The van der Waals surface area contributed by atoms with Crippen molar-refractivity contribution in [3.63, 3.8) is 0 Å². The molecule has 132 valence electrons. The van der Waals surface area contributed by atoms with E-state index >= 15 is 0 Å². The van der Waals surface area contributed by atoms with E-state index in [1.165, 1.54) is 33.1 Å². The fraction of sp³-hybridized carbons (Fsp3) is 0.0500. The van der Waals surface area contributed by atoms with Crippen molar-refractivity contribution >= 4 is 29.1 Å². The van der Waals surface area contributed by atoms with E-state index in [0.29, 0.717) is 0 Å². The van der Waals surface area contributed by atoms with E-state index in [0.717, 1.165) is 0 Å². The molecule has 0 aliphatic heterocycles. The van der Waals surface area contributed by atoms with Crippen molar-refractivity contribution in [3.05, 3.63) is 84.4 Å². The topological polar surface area (TPSA) is 3.88 Å². The number of benzene rings is 3. The maximum Gasteiger partial charge on any atom is 0.673 e. The zero-order valence-corrected chi connectivity index (χ0v) is 14.0. The Morgan fingerprint density at radius 3 is 1.46 bits per heavy atom. The number of aromatic nitrogens is 1. The first-order valence-electron chi connectivity index (χ1n) is 8.11. The van der Waals surface area contributed by atoms with Gasteiger partial charge in [0.05, 0.1) is 10.8 Å². The van der Waals surface area contributed by atoms with Crippen LogP contribution in [0.15, 0.2) is 78.9 Å². The van der Waals surface area contributed by atoms with Crippen molar-refractivity contribution in [2.75, 3.05) is 0 Å². The van der Waals surface area contributed by atoms with Crippen LogP contribution in [0.2, 0.25) is 0 Å². The van der Waals surface area contributed by atoms with Gasteiger partial charge >= 0.3 is 7.25 Å². The summed E-state index contributed by atoms with van der Waals surface area (Å²) >= 11 is 0. The highest BCUT2D eigenvalue weighted by Gasteiger charge is 2.21. The number of halogens is 4. The molecule has 3 aromatic carbocycles. The largest absolute Gasteiger partial charge is 0.673 e. The van der Waals surface area contributed by atoms with Crippen LogP contribution >= 0.6 is 0 Å². The zero-order chi connectivity index (χ0) is 18.7. The van der Waals surface area contributed by atoms with Crippen LogP contribution in [-0.4, -0.2) is 7.25 Å². The predicted molar refractivity (Wildman–Crippen MR) is 97.9 cm³/mol. The summed E-state index contributed by atoms with van der Waals surface area (Å²) in [6.45, 7) is 2.21. The molecule has 0 atom stereocenters. The van der Waals surface area contributed by atoms with E-state index in [-0.39, 0.29) is 0 Å². The third-order valence-corrected chi connectivity index (χ3v) is 4.11. The molecule has 0 spiro atoms. The normalized spacial score (nSPS) is 11.3. The van der Waals surface area contributed by atoms with E-state index in [4.69, 9.17) is 0 Å². The lowest BCUT2D eigenvalue weighted by Crippen LogP contribution is -2.33. The standard InChI is InChI=1S/C20H16N.BF4/c1-15-17-11-5-7-13-19(17)21(16-9-3-2-4-10-16)20-14-8-6-12-18(15)20;2-1(3,4)5/h2-14H,1H3;/q+1;-1. The smallest absolute Gasteiger partial charge is 0.418 e. The molecule has 0 radical (unpaired) electrons. The van der Waals surface area contributed by atoms with Gasteiger partial charge in [-0.15, -0.1) is 0 Å². The Bertz CT molecular complexity index is 983. The molecule has 6 heteroatoms. The molecule has 0 bridgehead atoms. The van der Waals surface area contributed by atoms with Crippen molar-refractivity contribution in [2.24, 2.45) is 0 Å². The first-order valence-corrected chi connectivity index (χ1v) is 8.11. The van der Waals surface area contributed by atoms with Crippen molar-refractivity contribution in [1.82, 2.24) is 0 Å². The van der Waals surface area contributed by atoms with Gasteiger partial charge in [-0.25, -0.2) is 0 Å². The van der Waals surface area contributed by atoms with Gasteiger partial charge in [0.15, 0.2) is 0 Å². The summed E-state index contributed by atoms with van der Waals surface area (Å²) in [5.74, 6) is 0. The lowest BCUT2D eigenvalue weighted by molar-refractivity contribution is -0.538. The van der Waals surface area contributed by atoms with Crippen molar-refractivity contribution in [1.29, 1.82) is 0 Å². The number of rotatable bonds is 1. The summed E-state index contributed by atoms with van der Waals surface area (Å²) in [5, 5.41) is 2.61.